The highest BCUT2D eigenvalue weighted by Gasteiger charge is 2.43. The number of ketones is 1. The largest absolute Gasteiger partial charge is 0.493 e. The number of hydrogen-bond donors (Lipinski definition) is 2. The van der Waals surface area contributed by atoms with Crippen LogP contribution >= 0.6 is 0 Å². The maximum absolute atomic E-state index is 13.2. The number of nitrogens with zero attached hydrogens (tertiary/aromatic N) is 1. The first-order valence-corrected chi connectivity index (χ1v) is 12.0. The molecule has 2 aromatic carbocycles. The molecule has 2 aromatic rings. The highest BCUT2D eigenvalue weighted by Crippen LogP contribution is 2.48. The molecule has 0 spiro atoms. The lowest BCUT2D eigenvalue weighted by Gasteiger charge is -2.37. The van der Waals surface area contributed by atoms with Crippen LogP contribution in [-0.4, -0.2) is 25.4 Å². The van der Waals surface area contributed by atoms with Crippen LogP contribution < -0.4 is 20.5 Å². The van der Waals surface area contributed by atoms with E-state index in [2.05, 4.69) is 11.4 Å². The van der Waals surface area contributed by atoms with E-state index in [4.69, 9.17) is 19.9 Å². The van der Waals surface area contributed by atoms with Crippen molar-refractivity contribution in [2.24, 2.45) is 11.1 Å². The van der Waals surface area contributed by atoms with Crippen molar-refractivity contribution >= 4 is 17.4 Å². The Hall–Kier alpha value is -4.25. The van der Waals surface area contributed by atoms with Crippen molar-refractivity contribution in [3.05, 3.63) is 75.9 Å². The molecule has 1 aliphatic heterocycles. The van der Waals surface area contributed by atoms with Crippen LogP contribution in [-0.2, 0) is 14.3 Å². The monoisotopic (exact) mass is 501 g/mol. The van der Waals surface area contributed by atoms with Crippen molar-refractivity contribution in [3.8, 4) is 17.6 Å². The summed E-state index contributed by atoms with van der Waals surface area (Å²) < 4.78 is 17.1. The number of carbonyl (C=O) groups is 2. The number of rotatable bonds is 6. The lowest BCUT2D eigenvalue weighted by Crippen LogP contribution is -2.33. The molecule has 37 heavy (non-hydrogen) atoms. The van der Waals surface area contributed by atoms with E-state index in [0.717, 1.165) is 16.8 Å². The maximum Gasteiger partial charge on any atom is 0.262 e. The second-order valence-corrected chi connectivity index (χ2v) is 10.3. The van der Waals surface area contributed by atoms with Crippen LogP contribution in [0.15, 0.2) is 59.2 Å². The van der Waals surface area contributed by atoms with E-state index in [-0.39, 0.29) is 35.2 Å². The third-order valence-corrected chi connectivity index (χ3v) is 6.62. The molecule has 2 aliphatic rings. The molecule has 192 valence electrons. The molecular weight excluding hydrogens is 470 g/mol. The molecule has 0 fully saturated rings. The van der Waals surface area contributed by atoms with E-state index in [1.165, 1.54) is 7.11 Å². The number of benzene rings is 2. The van der Waals surface area contributed by atoms with Crippen LogP contribution in [0.1, 0.15) is 49.3 Å². The van der Waals surface area contributed by atoms with Crippen LogP contribution in [0.25, 0.3) is 0 Å². The summed E-state index contributed by atoms with van der Waals surface area (Å²) in [4.78, 5) is 25.7. The highest BCUT2D eigenvalue weighted by atomic mass is 16.5. The fraction of sp³-hybridized carbons (Fsp3) is 0.345. The first-order chi connectivity index (χ1) is 17.5. The van der Waals surface area contributed by atoms with Crippen molar-refractivity contribution < 1.29 is 23.8 Å². The third kappa shape index (κ3) is 5.31. The Balaban J connectivity index is 1.59. The van der Waals surface area contributed by atoms with Gasteiger partial charge in [0.25, 0.3) is 5.91 Å². The number of anilines is 1. The minimum Gasteiger partial charge on any atom is -0.493 e. The summed E-state index contributed by atoms with van der Waals surface area (Å²) in [7, 11) is 1.49. The number of nitrogens with two attached hydrogens (primary N) is 1. The highest BCUT2D eigenvalue weighted by molar-refractivity contribution is 6.00. The Bertz CT molecular complexity index is 1380. The molecule has 1 aliphatic carbocycles. The number of nitrogens with one attached hydrogen (secondary N) is 1. The van der Waals surface area contributed by atoms with E-state index in [9.17, 15) is 14.9 Å². The first kappa shape index (κ1) is 25.8. The molecule has 0 saturated heterocycles. The Morgan fingerprint density at radius 2 is 1.95 bits per heavy atom. The number of ether oxygens (including phenoxy) is 3. The van der Waals surface area contributed by atoms with Crippen LogP contribution in [0.3, 0.4) is 0 Å². The number of Topliss-reactive ketones (excluding diaryl/α,β-unsaturated/α-hetero) is 1. The molecular formula is C29H31N3O5. The third-order valence-electron chi connectivity index (χ3n) is 6.62. The van der Waals surface area contributed by atoms with Crippen LogP contribution in [0, 0.1) is 30.6 Å². The molecule has 1 amide bonds. The SMILES string of the molecule is COc1cc(C2C(C#N)=C(N)OC3=C2C(=O)CC(C)(C)C3)ccc1OCC(=O)Nc1cc(C)ccc1C. The first-order valence-electron chi connectivity index (χ1n) is 12.0. The number of aryl methyl sites for hydroxylation is 2. The van der Waals surface area contributed by atoms with Gasteiger partial charge in [-0.1, -0.05) is 32.0 Å². The molecule has 1 heterocycles. The summed E-state index contributed by atoms with van der Waals surface area (Å²) in [5.41, 5.74) is 9.84. The molecule has 0 saturated carbocycles. The van der Waals surface area contributed by atoms with Gasteiger partial charge in [-0.2, -0.15) is 5.26 Å². The normalized spacial score (nSPS) is 18.5. The second-order valence-electron chi connectivity index (χ2n) is 10.3. The molecule has 8 heteroatoms. The van der Waals surface area contributed by atoms with Gasteiger partial charge < -0.3 is 25.3 Å². The second kappa shape index (κ2) is 10.0. The predicted molar refractivity (Wildman–Crippen MR) is 139 cm³/mol. The van der Waals surface area contributed by atoms with Gasteiger partial charge in [-0.15, -0.1) is 0 Å². The van der Waals surface area contributed by atoms with Gasteiger partial charge in [0.05, 0.1) is 13.0 Å². The van der Waals surface area contributed by atoms with Gasteiger partial charge in [0.1, 0.15) is 17.4 Å². The fourth-order valence-electron chi connectivity index (χ4n) is 4.80. The van der Waals surface area contributed by atoms with E-state index in [1.54, 1.807) is 18.2 Å². The molecule has 1 unspecified atom stereocenters. The molecule has 0 radical (unpaired) electrons. The number of methoxy groups -OCH3 is 1. The van der Waals surface area contributed by atoms with E-state index in [0.29, 0.717) is 41.2 Å². The lowest BCUT2D eigenvalue weighted by atomic mass is 9.70. The van der Waals surface area contributed by atoms with Crippen LogP contribution in [0.5, 0.6) is 11.5 Å². The van der Waals surface area contributed by atoms with Crippen LogP contribution in [0.4, 0.5) is 5.69 Å². The number of amides is 1. The van der Waals surface area contributed by atoms with Crippen molar-refractivity contribution in [2.75, 3.05) is 19.0 Å². The predicted octanol–water partition coefficient (Wildman–Crippen LogP) is 4.78. The van der Waals surface area contributed by atoms with Crippen molar-refractivity contribution in [1.82, 2.24) is 0 Å². The summed E-state index contributed by atoms with van der Waals surface area (Å²) in [6.45, 7) is 7.65. The Kier molecular flexibility index (Phi) is 6.99. The Labute approximate surface area is 216 Å². The lowest BCUT2D eigenvalue weighted by molar-refractivity contribution is -0.119. The molecule has 4 rings (SSSR count). The number of carbonyl (C=O) groups excluding carboxylic acids is 2. The van der Waals surface area contributed by atoms with Gasteiger partial charge >= 0.3 is 0 Å². The van der Waals surface area contributed by atoms with Gasteiger partial charge in [0, 0.05) is 24.1 Å². The molecule has 3 N–H and O–H groups in total. The topological polar surface area (TPSA) is 124 Å². The van der Waals surface area contributed by atoms with Gasteiger partial charge in [-0.25, -0.2) is 0 Å². The summed E-state index contributed by atoms with van der Waals surface area (Å²) in [6.07, 6.45) is 0.885. The van der Waals surface area contributed by atoms with Crippen molar-refractivity contribution in [3.63, 3.8) is 0 Å². The molecule has 8 nitrogen and oxygen atoms in total. The van der Waals surface area contributed by atoms with Crippen molar-refractivity contribution in [2.45, 2.75) is 46.5 Å². The zero-order valence-corrected chi connectivity index (χ0v) is 21.7. The minimum absolute atomic E-state index is 0.000781. The summed E-state index contributed by atoms with van der Waals surface area (Å²) in [5.74, 6) is 0.174. The van der Waals surface area contributed by atoms with Gasteiger partial charge in [0.2, 0.25) is 5.88 Å². The quantitative estimate of drug-likeness (QED) is 0.584. The van der Waals surface area contributed by atoms with E-state index in [1.807, 2.05) is 45.9 Å². The van der Waals surface area contributed by atoms with Crippen LogP contribution in [0.2, 0.25) is 0 Å². The Morgan fingerprint density at radius 1 is 1.19 bits per heavy atom. The number of nitriles is 1. The van der Waals surface area contributed by atoms with E-state index >= 15 is 0 Å². The number of allylic oxidation sites excluding steroid dienone is 3. The molecule has 0 aromatic heterocycles. The average molecular weight is 502 g/mol. The maximum atomic E-state index is 13.2. The van der Waals surface area contributed by atoms with E-state index < -0.39 is 5.92 Å². The Morgan fingerprint density at radius 3 is 2.65 bits per heavy atom. The van der Waals surface area contributed by atoms with Gasteiger partial charge in [0.15, 0.2) is 23.9 Å². The molecule has 0 bridgehead atoms. The summed E-state index contributed by atoms with van der Waals surface area (Å²) in [6, 6.07) is 13.1. The zero-order chi connectivity index (χ0) is 26.9. The minimum atomic E-state index is -0.673. The number of hydrogen-bond acceptors (Lipinski definition) is 7. The standard InChI is InChI=1S/C29H31N3O5/c1-16-6-7-17(2)20(10-16)32-25(34)15-36-22-9-8-18(11-23(22)35-5)26-19(14-30)28(31)37-24-13-29(3,4)12-21(33)27(24)26/h6-11,26H,12-13,15,31H2,1-5H3,(H,32,34). The smallest absolute Gasteiger partial charge is 0.262 e. The zero-order valence-electron chi connectivity index (χ0n) is 21.7. The summed E-state index contributed by atoms with van der Waals surface area (Å²) >= 11 is 0. The van der Waals surface area contributed by atoms with Gasteiger partial charge in [-0.3, -0.25) is 9.59 Å². The van der Waals surface area contributed by atoms with Crippen molar-refractivity contribution in [1.29, 1.82) is 5.26 Å². The van der Waals surface area contributed by atoms with Gasteiger partial charge in [-0.05, 0) is 54.2 Å². The molecule has 1 atom stereocenters. The fourth-order valence-corrected chi connectivity index (χ4v) is 4.80. The summed E-state index contributed by atoms with van der Waals surface area (Å²) in [5, 5.41) is 12.7. The average Bonchev–Trinajstić information content (AvgIpc) is 2.83.